The number of hydrogen-bond acceptors (Lipinski definition) is 5. The van der Waals surface area contributed by atoms with Crippen LogP contribution in [0.4, 0.5) is 0 Å². The third-order valence-electron chi connectivity index (χ3n) is 3.60. The largest absolute Gasteiger partial charge is 0.496 e. The molecule has 1 atom stereocenters. The fourth-order valence-electron chi connectivity index (χ4n) is 2.48. The summed E-state index contributed by atoms with van der Waals surface area (Å²) < 4.78 is 40.2. The number of aryl methyl sites for hydroxylation is 1. The van der Waals surface area contributed by atoms with Crippen molar-refractivity contribution in [3.8, 4) is 5.75 Å². The van der Waals surface area contributed by atoms with Gasteiger partial charge in [0, 0.05) is 12.6 Å². The molecule has 0 spiro atoms. The van der Waals surface area contributed by atoms with E-state index in [9.17, 15) is 8.42 Å². The van der Waals surface area contributed by atoms with E-state index in [2.05, 4.69) is 9.82 Å². The molecule has 0 aliphatic carbocycles. The van der Waals surface area contributed by atoms with E-state index in [0.717, 1.165) is 0 Å². The van der Waals surface area contributed by atoms with Gasteiger partial charge in [-0.3, -0.25) is 4.68 Å². The lowest BCUT2D eigenvalue weighted by molar-refractivity contribution is 0.399. The summed E-state index contributed by atoms with van der Waals surface area (Å²) in [5.41, 5.74) is 0.653. The van der Waals surface area contributed by atoms with E-state index in [-0.39, 0.29) is 5.03 Å². The van der Waals surface area contributed by atoms with Crippen LogP contribution in [0.2, 0.25) is 0 Å². The molecule has 126 valence electrons. The molecule has 3 rings (SSSR count). The van der Waals surface area contributed by atoms with Gasteiger partial charge in [0.15, 0.2) is 5.03 Å². The standard InChI is InChI=1S/C16H17N3O4S/c1-19-15(9-10-17-19)24(20,21)18-16(14-8-5-11-23-14)12-6-3-4-7-13(12)22-2/h3-11,16,18H,1-2H3/t16-/m1/s1. The SMILES string of the molecule is COc1ccccc1[C@@H](NS(=O)(=O)c1ccnn1C)c1ccco1. The Hall–Kier alpha value is -2.58. The van der Waals surface area contributed by atoms with Gasteiger partial charge in [0.2, 0.25) is 0 Å². The summed E-state index contributed by atoms with van der Waals surface area (Å²) in [6.07, 6.45) is 2.93. The van der Waals surface area contributed by atoms with Gasteiger partial charge in [-0.1, -0.05) is 18.2 Å². The molecule has 24 heavy (non-hydrogen) atoms. The van der Waals surface area contributed by atoms with Crippen molar-refractivity contribution in [3.63, 3.8) is 0 Å². The molecule has 0 fully saturated rings. The molecule has 0 saturated carbocycles. The highest BCUT2D eigenvalue weighted by molar-refractivity contribution is 7.89. The van der Waals surface area contributed by atoms with E-state index >= 15 is 0 Å². The van der Waals surface area contributed by atoms with Crippen molar-refractivity contribution in [2.45, 2.75) is 11.1 Å². The highest BCUT2D eigenvalue weighted by atomic mass is 32.2. The highest BCUT2D eigenvalue weighted by Gasteiger charge is 2.28. The predicted molar refractivity (Wildman–Crippen MR) is 87.1 cm³/mol. The molecule has 3 aromatic rings. The monoisotopic (exact) mass is 347 g/mol. The van der Waals surface area contributed by atoms with E-state index < -0.39 is 16.1 Å². The molecule has 0 aliphatic rings. The van der Waals surface area contributed by atoms with Gasteiger partial charge in [-0.2, -0.15) is 9.82 Å². The van der Waals surface area contributed by atoms with Crippen LogP contribution in [-0.2, 0) is 17.1 Å². The Balaban J connectivity index is 2.06. The number of nitrogens with one attached hydrogen (secondary N) is 1. The van der Waals surface area contributed by atoms with Gasteiger partial charge in [-0.15, -0.1) is 0 Å². The summed E-state index contributed by atoms with van der Waals surface area (Å²) in [4.78, 5) is 0. The first-order chi connectivity index (χ1) is 11.5. The third kappa shape index (κ3) is 3.06. The number of sulfonamides is 1. The number of ether oxygens (including phenoxy) is 1. The molecule has 0 radical (unpaired) electrons. The maximum absolute atomic E-state index is 12.7. The maximum Gasteiger partial charge on any atom is 0.258 e. The van der Waals surface area contributed by atoms with Gasteiger partial charge in [-0.05, 0) is 24.3 Å². The number of furan rings is 1. The fraction of sp³-hybridized carbons (Fsp3) is 0.188. The van der Waals surface area contributed by atoms with E-state index in [1.165, 1.54) is 30.3 Å². The topological polar surface area (TPSA) is 86.4 Å². The molecule has 0 saturated heterocycles. The van der Waals surface area contributed by atoms with Crippen LogP contribution in [0, 0.1) is 0 Å². The second-order valence-electron chi connectivity index (χ2n) is 5.10. The summed E-state index contributed by atoms with van der Waals surface area (Å²) in [6, 6.07) is 11.3. The lowest BCUT2D eigenvalue weighted by Gasteiger charge is -2.19. The summed E-state index contributed by atoms with van der Waals surface area (Å²) in [6.45, 7) is 0. The van der Waals surface area contributed by atoms with Gasteiger partial charge in [0.05, 0.1) is 19.6 Å². The zero-order valence-electron chi connectivity index (χ0n) is 13.2. The molecular formula is C16H17N3O4S. The van der Waals surface area contributed by atoms with Gasteiger partial charge in [0.25, 0.3) is 10.0 Å². The number of nitrogens with zero attached hydrogens (tertiary/aromatic N) is 2. The van der Waals surface area contributed by atoms with Gasteiger partial charge < -0.3 is 9.15 Å². The van der Waals surface area contributed by atoms with E-state index in [0.29, 0.717) is 17.1 Å². The number of methoxy groups -OCH3 is 1. The van der Waals surface area contributed by atoms with Crippen molar-refractivity contribution < 1.29 is 17.6 Å². The molecule has 1 N–H and O–H groups in total. The van der Waals surface area contributed by atoms with Crippen molar-refractivity contribution in [1.82, 2.24) is 14.5 Å². The fourth-order valence-corrected chi connectivity index (χ4v) is 3.79. The van der Waals surface area contributed by atoms with Crippen molar-refractivity contribution in [3.05, 3.63) is 66.2 Å². The van der Waals surface area contributed by atoms with Crippen molar-refractivity contribution in [2.75, 3.05) is 7.11 Å². The number of para-hydroxylation sites is 1. The quantitative estimate of drug-likeness (QED) is 0.738. The predicted octanol–water partition coefficient (Wildman–Crippen LogP) is 2.09. The number of aromatic nitrogens is 2. The third-order valence-corrected chi connectivity index (χ3v) is 5.10. The Labute approximate surface area is 139 Å². The minimum atomic E-state index is -3.81. The lowest BCUT2D eigenvalue weighted by Crippen LogP contribution is -2.30. The minimum Gasteiger partial charge on any atom is -0.496 e. The van der Waals surface area contributed by atoms with Crippen LogP contribution in [0.25, 0.3) is 0 Å². The smallest absolute Gasteiger partial charge is 0.258 e. The summed E-state index contributed by atoms with van der Waals surface area (Å²) in [5.74, 6) is 1.02. The first-order valence-corrected chi connectivity index (χ1v) is 8.68. The van der Waals surface area contributed by atoms with E-state index in [1.54, 1.807) is 31.3 Å². The van der Waals surface area contributed by atoms with Crippen LogP contribution in [0.5, 0.6) is 5.75 Å². The number of hydrogen-bond donors (Lipinski definition) is 1. The van der Waals surface area contributed by atoms with Crippen LogP contribution < -0.4 is 9.46 Å². The van der Waals surface area contributed by atoms with Crippen molar-refractivity contribution in [2.24, 2.45) is 7.05 Å². The van der Waals surface area contributed by atoms with Gasteiger partial charge in [-0.25, -0.2) is 8.42 Å². The van der Waals surface area contributed by atoms with Crippen LogP contribution >= 0.6 is 0 Å². The second kappa shape index (κ2) is 6.50. The molecule has 0 aliphatic heterocycles. The van der Waals surface area contributed by atoms with Crippen molar-refractivity contribution in [1.29, 1.82) is 0 Å². The number of rotatable bonds is 6. The molecule has 1 aromatic carbocycles. The molecule has 7 nitrogen and oxygen atoms in total. The molecule has 0 unspecified atom stereocenters. The molecular weight excluding hydrogens is 330 g/mol. The zero-order valence-corrected chi connectivity index (χ0v) is 14.0. The average Bonchev–Trinajstić information content (AvgIpc) is 3.24. The van der Waals surface area contributed by atoms with Gasteiger partial charge in [0.1, 0.15) is 17.6 Å². The normalized spacial score (nSPS) is 12.9. The highest BCUT2D eigenvalue weighted by Crippen LogP contribution is 2.31. The summed E-state index contributed by atoms with van der Waals surface area (Å²) >= 11 is 0. The Bertz CT molecular complexity index is 916. The molecule has 2 heterocycles. The zero-order chi connectivity index (χ0) is 17.2. The Morgan fingerprint density at radius 2 is 2.00 bits per heavy atom. The van der Waals surface area contributed by atoms with Gasteiger partial charge >= 0.3 is 0 Å². The summed E-state index contributed by atoms with van der Waals surface area (Å²) in [7, 11) is -0.707. The van der Waals surface area contributed by atoms with Crippen LogP contribution in [0.15, 0.2) is 64.4 Å². The molecule has 8 heteroatoms. The van der Waals surface area contributed by atoms with E-state index in [4.69, 9.17) is 9.15 Å². The molecule has 0 amide bonds. The maximum atomic E-state index is 12.7. The van der Waals surface area contributed by atoms with Crippen LogP contribution in [0.3, 0.4) is 0 Å². The first kappa shape index (κ1) is 16.3. The number of benzene rings is 1. The second-order valence-corrected chi connectivity index (χ2v) is 6.77. The average molecular weight is 347 g/mol. The lowest BCUT2D eigenvalue weighted by atomic mass is 10.0. The molecule has 0 bridgehead atoms. The first-order valence-electron chi connectivity index (χ1n) is 7.19. The van der Waals surface area contributed by atoms with Crippen LogP contribution in [0.1, 0.15) is 17.4 Å². The van der Waals surface area contributed by atoms with Crippen LogP contribution in [-0.4, -0.2) is 25.3 Å². The van der Waals surface area contributed by atoms with E-state index in [1.807, 2.05) is 12.1 Å². The summed E-state index contributed by atoms with van der Waals surface area (Å²) in [5, 5.41) is 3.97. The minimum absolute atomic E-state index is 0.0638. The Kier molecular flexibility index (Phi) is 4.41. The Morgan fingerprint density at radius 3 is 2.62 bits per heavy atom. The van der Waals surface area contributed by atoms with Crippen molar-refractivity contribution >= 4 is 10.0 Å². The Morgan fingerprint density at radius 1 is 1.21 bits per heavy atom. The molecule has 2 aromatic heterocycles.